The maximum atomic E-state index is 11.0. The Hall–Kier alpha value is -1.78. The Bertz CT molecular complexity index is 428. The molecule has 1 saturated carbocycles. The molecular formula is C12H16N2O3. The van der Waals surface area contributed by atoms with Gasteiger partial charge in [0.1, 0.15) is 5.69 Å². The summed E-state index contributed by atoms with van der Waals surface area (Å²) in [6.07, 6.45) is 2.33. The molecule has 1 heterocycles. The van der Waals surface area contributed by atoms with Crippen LogP contribution in [0.2, 0.25) is 0 Å². The Balaban J connectivity index is 2.25. The van der Waals surface area contributed by atoms with Gasteiger partial charge in [-0.1, -0.05) is 0 Å². The fourth-order valence-electron chi connectivity index (χ4n) is 1.33. The molecule has 92 valence electrons. The summed E-state index contributed by atoms with van der Waals surface area (Å²) in [5, 5.41) is 0. The van der Waals surface area contributed by atoms with Gasteiger partial charge in [-0.25, -0.2) is 4.98 Å². The van der Waals surface area contributed by atoms with Crippen LogP contribution in [-0.2, 0) is 0 Å². The second-order valence-corrected chi connectivity index (χ2v) is 4.35. The van der Waals surface area contributed by atoms with Gasteiger partial charge in [0, 0.05) is 0 Å². The number of aromatic nitrogens is 1. The largest absolute Gasteiger partial charge is 0.485 e. The number of nitrogens with zero attached hydrogens (tertiary/aromatic N) is 1. The summed E-state index contributed by atoms with van der Waals surface area (Å²) in [6, 6.07) is 3.23. The van der Waals surface area contributed by atoms with Crippen LogP contribution in [0.5, 0.6) is 11.6 Å². The smallest absolute Gasteiger partial charge is 0.267 e. The molecule has 1 aliphatic rings. The van der Waals surface area contributed by atoms with Crippen molar-refractivity contribution in [3.8, 4) is 11.6 Å². The summed E-state index contributed by atoms with van der Waals surface area (Å²) < 4.78 is 11.2. The highest BCUT2D eigenvalue weighted by Crippen LogP contribution is 2.32. The fourth-order valence-corrected chi connectivity index (χ4v) is 1.33. The standard InChI is InChI=1S/C12H16N2O3/c1-7(2)16-12-10(17-8-3-4-8)6-5-9(14-12)11(13)15/h5-8H,3-4H2,1-2H3,(H2,13,15). The van der Waals surface area contributed by atoms with Crippen molar-refractivity contribution in [2.24, 2.45) is 5.73 Å². The van der Waals surface area contributed by atoms with Crippen LogP contribution in [-0.4, -0.2) is 23.1 Å². The molecule has 1 aromatic heterocycles. The summed E-state index contributed by atoms with van der Waals surface area (Å²) >= 11 is 0. The highest BCUT2D eigenvalue weighted by molar-refractivity contribution is 5.91. The Kier molecular flexibility index (Phi) is 3.17. The number of pyridine rings is 1. The van der Waals surface area contributed by atoms with E-state index in [0.717, 1.165) is 12.8 Å². The van der Waals surface area contributed by atoms with Crippen molar-refractivity contribution in [1.29, 1.82) is 0 Å². The van der Waals surface area contributed by atoms with Crippen molar-refractivity contribution in [3.05, 3.63) is 17.8 Å². The van der Waals surface area contributed by atoms with Crippen molar-refractivity contribution in [1.82, 2.24) is 4.98 Å². The molecule has 5 nitrogen and oxygen atoms in total. The molecule has 0 unspecified atom stereocenters. The third kappa shape index (κ3) is 3.09. The number of ether oxygens (including phenoxy) is 2. The molecular weight excluding hydrogens is 220 g/mol. The molecule has 1 amide bonds. The summed E-state index contributed by atoms with van der Waals surface area (Å²) in [7, 11) is 0. The summed E-state index contributed by atoms with van der Waals surface area (Å²) in [5.74, 6) is 0.339. The summed E-state index contributed by atoms with van der Waals surface area (Å²) in [5.41, 5.74) is 5.36. The van der Waals surface area contributed by atoms with E-state index in [-0.39, 0.29) is 17.9 Å². The Labute approximate surface area is 99.9 Å². The zero-order chi connectivity index (χ0) is 12.4. The second kappa shape index (κ2) is 4.61. The first kappa shape index (κ1) is 11.7. The number of hydrogen-bond acceptors (Lipinski definition) is 4. The monoisotopic (exact) mass is 236 g/mol. The molecule has 2 N–H and O–H groups in total. The third-order valence-corrected chi connectivity index (χ3v) is 2.24. The van der Waals surface area contributed by atoms with E-state index in [0.29, 0.717) is 11.6 Å². The molecule has 1 aliphatic carbocycles. The molecule has 0 bridgehead atoms. The first-order chi connectivity index (χ1) is 8.06. The molecule has 0 aromatic carbocycles. The quantitative estimate of drug-likeness (QED) is 0.840. The predicted molar refractivity (Wildman–Crippen MR) is 62.2 cm³/mol. The number of carbonyl (C=O) groups excluding carboxylic acids is 1. The lowest BCUT2D eigenvalue weighted by atomic mass is 10.3. The van der Waals surface area contributed by atoms with Gasteiger partial charge in [-0.15, -0.1) is 0 Å². The SMILES string of the molecule is CC(C)Oc1nc(C(N)=O)ccc1OC1CC1. The normalized spacial score (nSPS) is 14.8. The molecule has 5 heteroatoms. The van der Waals surface area contributed by atoms with E-state index in [1.165, 1.54) is 0 Å². The van der Waals surface area contributed by atoms with Crippen LogP contribution < -0.4 is 15.2 Å². The van der Waals surface area contributed by atoms with Gasteiger partial charge in [-0.2, -0.15) is 0 Å². The molecule has 0 saturated heterocycles. The molecule has 0 spiro atoms. The molecule has 0 atom stereocenters. The minimum Gasteiger partial charge on any atom is -0.485 e. The molecule has 17 heavy (non-hydrogen) atoms. The van der Waals surface area contributed by atoms with Crippen LogP contribution in [0.4, 0.5) is 0 Å². The van der Waals surface area contributed by atoms with E-state index in [4.69, 9.17) is 15.2 Å². The highest BCUT2D eigenvalue weighted by atomic mass is 16.5. The maximum absolute atomic E-state index is 11.0. The molecule has 2 rings (SSSR count). The number of primary amides is 1. The van der Waals surface area contributed by atoms with Gasteiger partial charge < -0.3 is 15.2 Å². The zero-order valence-corrected chi connectivity index (χ0v) is 9.97. The number of amides is 1. The molecule has 0 radical (unpaired) electrons. The first-order valence-electron chi connectivity index (χ1n) is 5.70. The lowest BCUT2D eigenvalue weighted by Gasteiger charge is -2.14. The summed E-state index contributed by atoms with van der Waals surface area (Å²) in [6.45, 7) is 3.78. The van der Waals surface area contributed by atoms with Gasteiger partial charge in [-0.3, -0.25) is 4.79 Å². The van der Waals surface area contributed by atoms with Gasteiger partial charge in [0.05, 0.1) is 12.2 Å². The number of carbonyl (C=O) groups is 1. The maximum Gasteiger partial charge on any atom is 0.267 e. The minimum atomic E-state index is -0.573. The Morgan fingerprint density at radius 2 is 2.18 bits per heavy atom. The predicted octanol–water partition coefficient (Wildman–Crippen LogP) is 1.51. The van der Waals surface area contributed by atoms with E-state index in [1.54, 1.807) is 12.1 Å². The van der Waals surface area contributed by atoms with E-state index in [2.05, 4.69) is 4.98 Å². The van der Waals surface area contributed by atoms with Crippen molar-refractivity contribution in [2.75, 3.05) is 0 Å². The van der Waals surface area contributed by atoms with Crippen molar-refractivity contribution in [3.63, 3.8) is 0 Å². The first-order valence-corrected chi connectivity index (χ1v) is 5.70. The van der Waals surface area contributed by atoms with Gasteiger partial charge >= 0.3 is 0 Å². The van der Waals surface area contributed by atoms with Gasteiger partial charge in [-0.05, 0) is 38.8 Å². The van der Waals surface area contributed by atoms with E-state index in [9.17, 15) is 4.79 Å². The van der Waals surface area contributed by atoms with Gasteiger partial charge in [0.15, 0.2) is 5.75 Å². The Morgan fingerprint density at radius 3 is 2.71 bits per heavy atom. The van der Waals surface area contributed by atoms with Gasteiger partial charge in [0.2, 0.25) is 0 Å². The average Bonchev–Trinajstić information content (AvgIpc) is 3.03. The molecule has 1 aromatic rings. The number of rotatable bonds is 5. The van der Waals surface area contributed by atoms with Crippen LogP contribution >= 0.6 is 0 Å². The van der Waals surface area contributed by atoms with Gasteiger partial charge in [0.25, 0.3) is 11.8 Å². The Morgan fingerprint density at radius 1 is 1.47 bits per heavy atom. The molecule has 1 fully saturated rings. The van der Waals surface area contributed by atoms with E-state index < -0.39 is 5.91 Å². The van der Waals surface area contributed by atoms with Crippen LogP contribution in [0.1, 0.15) is 37.2 Å². The second-order valence-electron chi connectivity index (χ2n) is 4.35. The lowest BCUT2D eigenvalue weighted by Crippen LogP contribution is -2.16. The van der Waals surface area contributed by atoms with Crippen molar-refractivity contribution < 1.29 is 14.3 Å². The van der Waals surface area contributed by atoms with Crippen LogP contribution in [0.3, 0.4) is 0 Å². The zero-order valence-electron chi connectivity index (χ0n) is 9.97. The highest BCUT2D eigenvalue weighted by Gasteiger charge is 2.26. The lowest BCUT2D eigenvalue weighted by molar-refractivity contribution is 0.0993. The fraction of sp³-hybridized carbons (Fsp3) is 0.500. The number of hydrogen-bond donors (Lipinski definition) is 1. The van der Waals surface area contributed by atoms with Crippen LogP contribution in [0.15, 0.2) is 12.1 Å². The number of nitrogens with two attached hydrogens (primary N) is 1. The van der Waals surface area contributed by atoms with Crippen LogP contribution in [0.25, 0.3) is 0 Å². The average molecular weight is 236 g/mol. The van der Waals surface area contributed by atoms with E-state index >= 15 is 0 Å². The van der Waals surface area contributed by atoms with E-state index in [1.807, 2.05) is 13.8 Å². The third-order valence-electron chi connectivity index (χ3n) is 2.24. The van der Waals surface area contributed by atoms with Crippen molar-refractivity contribution >= 4 is 5.91 Å². The summed E-state index contributed by atoms with van der Waals surface area (Å²) in [4.78, 5) is 15.1. The topological polar surface area (TPSA) is 74.4 Å². The van der Waals surface area contributed by atoms with Crippen LogP contribution in [0, 0.1) is 0 Å². The van der Waals surface area contributed by atoms with Crippen molar-refractivity contribution in [2.45, 2.75) is 38.9 Å². The molecule has 0 aliphatic heterocycles. The minimum absolute atomic E-state index is 0.0350.